The molecule has 0 unspecified atom stereocenters. The molecule has 158 valence electrons. The molecule has 1 aromatic heterocycles. The van der Waals surface area contributed by atoms with Crippen molar-refractivity contribution >= 4 is 39.1 Å². The molecule has 1 fully saturated rings. The molecule has 1 amide bonds. The predicted octanol–water partition coefficient (Wildman–Crippen LogP) is 2.34. The summed E-state index contributed by atoms with van der Waals surface area (Å²) in [4.78, 5) is 12.4. The SMILES string of the molecule is Cc1cnn(CCCNC(=O)c2cc(S(=O)(=O)N3CCOCC3)c(Cl)cc2Cl)c1. The number of hydrogen-bond acceptors (Lipinski definition) is 5. The van der Waals surface area contributed by atoms with E-state index in [1.54, 1.807) is 10.9 Å². The van der Waals surface area contributed by atoms with Crippen LogP contribution in [0.15, 0.2) is 29.4 Å². The van der Waals surface area contributed by atoms with Gasteiger partial charge in [-0.1, -0.05) is 23.2 Å². The molecule has 3 rings (SSSR count). The van der Waals surface area contributed by atoms with Gasteiger partial charge in [0.15, 0.2) is 0 Å². The summed E-state index contributed by atoms with van der Waals surface area (Å²) >= 11 is 12.3. The zero-order chi connectivity index (χ0) is 21.0. The molecule has 0 atom stereocenters. The maximum atomic E-state index is 12.9. The lowest BCUT2D eigenvalue weighted by Crippen LogP contribution is -2.40. The van der Waals surface area contributed by atoms with Crippen molar-refractivity contribution in [3.8, 4) is 0 Å². The molecule has 29 heavy (non-hydrogen) atoms. The van der Waals surface area contributed by atoms with E-state index in [2.05, 4.69) is 10.4 Å². The molecule has 0 spiro atoms. The van der Waals surface area contributed by atoms with Crippen molar-refractivity contribution in [2.75, 3.05) is 32.8 Å². The Labute approximate surface area is 179 Å². The van der Waals surface area contributed by atoms with Crippen molar-refractivity contribution in [2.24, 2.45) is 0 Å². The summed E-state index contributed by atoms with van der Waals surface area (Å²) in [5, 5.41) is 7.02. The van der Waals surface area contributed by atoms with Crippen molar-refractivity contribution in [1.82, 2.24) is 19.4 Å². The van der Waals surface area contributed by atoms with E-state index in [1.807, 2.05) is 13.1 Å². The Kier molecular flexibility index (Phi) is 7.18. The van der Waals surface area contributed by atoms with Crippen LogP contribution in [0.1, 0.15) is 22.3 Å². The first-order valence-electron chi connectivity index (χ1n) is 9.13. The number of benzene rings is 1. The molecule has 1 saturated heterocycles. The second-order valence-corrected chi connectivity index (χ2v) is 9.39. The van der Waals surface area contributed by atoms with Gasteiger partial charge in [0.05, 0.1) is 35.0 Å². The molecular formula is C18H22Cl2N4O4S. The van der Waals surface area contributed by atoms with Gasteiger partial charge < -0.3 is 10.1 Å². The Bertz CT molecular complexity index is 988. The number of aromatic nitrogens is 2. The summed E-state index contributed by atoms with van der Waals surface area (Å²) in [5.74, 6) is -0.457. The van der Waals surface area contributed by atoms with Crippen molar-refractivity contribution in [2.45, 2.75) is 24.8 Å². The van der Waals surface area contributed by atoms with E-state index in [4.69, 9.17) is 27.9 Å². The van der Waals surface area contributed by atoms with Gasteiger partial charge in [-0.25, -0.2) is 8.42 Å². The quantitative estimate of drug-likeness (QED) is 0.639. The number of nitrogens with zero attached hydrogens (tertiary/aromatic N) is 3. The number of rotatable bonds is 7. The number of aryl methyl sites for hydroxylation is 2. The van der Waals surface area contributed by atoms with Gasteiger partial charge in [0.1, 0.15) is 4.90 Å². The fraction of sp³-hybridized carbons (Fsp3) is 0.444. The van der Waals surface area contributed by atoms with Gasteiger partial charge in [-0.2, -0.15) is 9.40 Å². The average Bonchev–Trinajstić information content (AvgIpc) is 3.10. The van der Waals surface area contributed by atoms with Crippen LogP contribution in [0.4, 0.5) is 0 Å². The van der Waals surface area contributed by atoms with E-state index in [1.165, 1.54) is 16.4 Å². The minimum absolute atomic E-state index is 0.0212. The topological polar surface area (TPSA) is 93.5 Å². The number of nitrogens with one attached hydrogen (secondary N) is 1. The third-order valence-corrected chi connectivity index (χ3v) is 7.14. The highest BCUT2D eigenvalue weighted by Crippen LogP contribution is 2.31. The molecule has 0 bridgehead atoms. The standard InChI is InChI=1S/C18H22Cl2N4O4S/c1-13-11-22-23(12-13)4-2-3-21-18(25)14-9-17(16(20)10-15(14)19)29(26,27)24-5-7-28-8-6-24/h9-12H,2-8H2,1H3,(H,21,25). The zero-order valence-corrected chi connectivity index (χ0v) is 18.2. The number of ether oxygens (including phenoxy) is 1. The molecule has 1 N–H and O–H groups in total. The van der Waals surface area contributed by atoms with Crippen LogP contribution in [0.5, 0.6) is 0 Å². The highest BCUT2D eigenvalue weighted by atomic mass is 35.5. The van der Waals surface area contributed by atoms with Crippen LogP contribution in [0, 0.1) is 6.92 Å². The molecule has 11 heteroatoms. The normalized spacial score (nSPS) is 15.4. The number of morpholine rings is 1. The summed E-state index contributed by atoms with van der Waals surface area (Å²) in [7, 11) is -3.85. The number of amides is 1. The van der Waals surface area contributed by atoms with Gasteiger partial charge in [0.25, 0.3) is 5.91 Å². The monoisotopic (exact) mass is 460 g/mol. The fourth-order valence-electron chi connectivity index (χ4n) is 2.95. The maximum Gasteiger partial charge on any atom is 0.252 e. The van der Waals surface area contributed by atoms with Crippen LogP contribution in [-0.4, -0.2) is 61.3 Å². The fourth-order valence-corrected chi connectivity index (χ4v) is 5.20. The van der Waals surface area contributed by atoms with E-state index >= 15 is 0 Å². The molecule has 1 aromatic carbocycles. The zero-order valence-electron chi connectivity index (χ0n) is 15.9. The number of hydrogen-bond donors (Lipinski definition) is 1. The summed E-state index contributed by atoms with van der Waals surface area (Å²) in [6.07, 6.45) is 4.35. The third kappa shape index (κ3) is 5.29. The summed E-state index contributed by atoms with van der Waals surface area (Å²) in [6, 6.07) is 2.53. The van der Waals surface area contributed by atoms with Crippen LogP contribution < -0.4 is 5.32 Å². The maximum absolute atomic E-state index is 12.9. The largest absolute Gasteiger partial charge is 0.379 e. The van der Waals surface area contributed by atoms with Crippen molar-refractivity contribution in [1.29, 1.82) is 0 Å². The molecule has 2 aromatic rings. The van der Waals surface area contributed by atoms with Gasteiger partial charge in [-0.3, -0.25) is 9.48 Å². The second kappa shape index (κ2) is 9.44. The first-order chi connectivity index (χ1) is 13.8. The molecule has 2 heterocycles. The summed E-state index contributed by atoms with van der Waals surface area (Å²) in [5.41, 5.74) is 1.13. The molecule has 1 aliphatic heterocycles. The van der Waals surface area contributed by atoms with E-state index < -0.39 is 15.9 Å². The molecule has 0 radical (unpaired) electrons. The smallest absolute Gasteiger partial charge is 0.252 e. The Hall–Kier alpha value is -1.65. The van der Waals surface area contributed by atoms with Crippen LogP contribution in [-0.2, 0) is 21.3 Å². The Morgan fingerprint density at radius 1 is 1.24 bits per heavy atom. The number of carbonyl (C=O) groups excluding carboxylic acids is 1. The van der Waals surface area contributed by atoms with Gasteiger partial charge in [0, 0.05) is 32.4 Å². The number of halogens is 2. The second-order valence-electron chi connectivity index (χ2n) is 6.67. The summed E-state index contributed by atoms with van der Waals surface area (Å²) in [6.45, 7) is 4.09. The van der Waals surface area contributed by atoms with Crippen LogP contribution in [0.25, 0.3) is 0 Å². The molecular weight excluding hydrogens is 439 g/mol. The number of carbonyl (C=O) groups is 1. The van der Waals surface area contributed by atoms with E-state index in [9.17, 15) is 13.2 Å². The highest BCUT2D eigenvalue weighted by molar-refractivity contribution is 7.89. The average molecular weight is 461 g/mol. The molecule has 8 nitrogen and oxygen atoms in total. The van der Waals surface area contributed by atoms with Crippen LogP contribution >= 0.6 is 23.2 Å². The molecule has 1 aliphatic rings. The Morgan fingerprint density at radius 2 is 1.97 bits per heavy atom. The lowest BCUT2D eigenvalue weighted by Gasteiger charge is -2.26. The minimum Gasteiger partial charge on any atom is -0.379 e. The van der Waals surface area contributed by atoms with Gasteiger partial charge in [-0.15, -0.1) is 0 Å². The van der Waals surface area contributed by atoms with E-state index in [0.717, 1.165) is 5.56 Å². The van der Waals surface area contributed by atoms with E-state index in [-0.39, 0.29) is 33.6 Å². The van der Waals surface area contributed by atoms with Gasteiger partial charge >= 0.3 is 0 Å². The van der Waals surface area contributed by atoms with Crippen LogP contribution in [0.2, 0.25) is 10.0 Å². The minimum atomic E-state index is -3.85. The van der Waals surface area contributed by atoms with Crippen molar-refractivity contribution in [3.63, 3.8) is 0 Å². The van der Waals surface area contributed by atoms with Crippen LogP contribution in [0.3, 0.4) is 0 Å². The van der Waals surface area contributed by atoms with Crippen molar-refractivity contribution < 1.29 is 17.9 Å². The van der Waals surface area contributed by atoms with Crippen molar-refractivity contribution in [3.05, 3.63) is 45.7 Å². The third-order valence-electron chi connectivity index (χ3n) is 4.47. The summed E-state index contributed by atoms with van der Waals surface area (Å²) < 4.78 is 34.1. The van der Waals surface area contributed by atoms with Gasteiger partial charge in [0.2, 0.25) is 10.0 Å². The Balaban J connectivity index is 1.70. The number of sulfonamides is 1. The highest BCUT2D eigenvalue weighted by Gasteiger charge is 2.30. The molecule has 0 saturated carbocycles. The molecule has 0 aliphatic carbocycles. The lowest BCUT2D eigenvalue weighted by molar-refractivity contribution is 0.0730. The predicted molar refractivity (Wildman–Crippen MR) is 110 cm³/mol. The first kappa shape index (κ1) is 22.0. The Morgan fingerprint density at radius 3 is 2.62 bits per heavy atom. The first-order valence-corrected chi connectivity index (χ1v) is 11.3. The van der Waals surface area contributed by atoms with E-state index in [0.29, 0.717) is 32.7 Å². The van der Waals surface area contributed by atoms with Gasteiger partial charge in [-0.05, 0) is 31.0 Å². The lowest BCUT2D eigenvalue weighted by atomic mass is 10.2.